The van der Waals surface area contributed by atoms with Gasteiger partial charge in [-0.05, 0) is 32.0 Å². The quantitative estimate of drug-likeness (QED) is 0.664. The van der Waals surface area contributed by atoms with E-state index in [1.165, 1.54) is 0 Å². The molecule has 3 rings (SSSR count). The zero-order chi connectivity index (χ0) is 19.4. The lowest BCUT2D eigenvalue weighted by Crippen LogP contribution is -2.31. The number of hydrogen-bond donors (Lipinski definition) is 2. The van der Waals surface area contributed by atoms with Gasteiger partial charge in [-0.1, -0.05) is 6.92 Å². The fraction of sp³-hybridized carbons (Fsp3) is 0.333. The molecule has 0 fully saturated rings. The highest BCUT2D eigenvalue weighted by Crippen LogP contribution is 2.30. The molecule has 2 heterocycles. The van der Waals surface area contributed by atoms with Gasteiger partial charge in [0.1, 0.15) is 5.75 Å². The molecule has 1 atom stereocenters. The Hall–Kier alpha value is -2.94. The van der Waals surface area contributed by atoms with Gasteiger partial charge < -0.3 is 19.8 Å². The van der Waals surface area contributed by atoms with Crippen molar-refractivity contribution in [3.05, 3.63) is 40.2 Å². The fourth-order valence-corrected chi connectivity index (χ4v) is 3.17. The van der Waals surface area contributed by atoms with E-state index >= 15 is 0 Å². The Labute approximate surface area is 161 Å². The number of aryl methyl sites for hydroxylation is 2. The average molecular weight is 387 g/mol. The lowest BCUT2D eigenvalue weighted by molar-refractivity contribution is 0.249. The second kappa shape index (κ2) is 8.17. The molecule has 142 valence electrons. The fourth-order valence-electron chi connectivity index (χ4n) is 2.46. The first kappa shape index (κ1) is 18.8. The number of nitrogens with zero attached hydrogens (tertiary/aromatic N) is 3. The topological polar surface area (TPSA) is 102 Å². The third-order valence-electron chi connectivity index (χ3n) is 3.89. The van der Waals surface area contributed by atoms with Gasteiger partial charge in [-0.25, -0.2) is 9.78 Å². The molecule has 0 saturated carbocycles. The van der Waals surface area contributed by atoms with Crippen LogP contribution in [-0.4, -0.2) is 28.3 Å². The number of rotatable bonds is 6. The summed E-state index contributed by atoms with van der Waals surface area (Å²) in [6, 6.07) is 4.71. The van der Waals surface area contributed by atoms with Gasteiger partial charge in [0.2, 0.25) is 11.8 Å². The summed E-state index contributed by atoms with van der Waals surface area (Å²) < 4.78 is 10.9. The van der Waals surface area contributed by atoms with Crippen LogP contribution in [0, 0.1) is 6.92 Å². The van der Waals surface area contributed by atoms with Gasteiger partial charge in [-0.3, -0.25) is 0 Å². The van der Waals surface area contributed by atoms with Crippen LogP contribution in [0.15, 0.2) is 28.0 Å². The number of ether oxygens (including phenoxy) is 1. The molecule has 9 heteroatoms. The standard InChI is InChI=1S/C18H21N5O3S/c1-5-16-22-23-17(26-16)12-6-7-15(25-4)13(8-12)21-18(24)19-10(2)14-9-27-11(3)20-14/h6-10H,5H2,1-4H3,(H2,19,21,24)/t10-/m1/s1. The molecule has 1 aromatic carbocycles. The van der Waals surface area contributed by atoms with Crippen molar-refractivity contribution in [2.75, 3.05) is 12.4 Å². The summed E-state index contributed by atoms with van der Waals surface area (Å²) >= 11 is 1.55. The zero-order valence-electron chi connectivity index (χ0n) is 15.6. The summed E-state index contributed by atoms with van der Waals surface area (Å²) in [5.41, 5.74) is 2.03. The largest absolute Gasteiger partial charge is 0.495 e. The zero-order valence-corrected chi connectivity index (χ0v) is 16.4. The van der Waals surface area contributed by atoms with E-state index in [0.717, 1.165) is 10.7 Å². The van der Waals surface area contributed by atoms with E-state index in [9.17, 15) is 4.79 Å². The van der Waals surface area contributed by atoms with Crippen LogP contribution in [0.2, 0.25) is 0 Å². The first-order chi connectivity index (χ1) is 13.0. The van der Waals surface area contributed by atoms with Gasteiger partial charge >= 0.3 is 6.03 Å². The van der Waals surface area contributed by atoms with Gasteiger partial charge in [0.15, 0.2) is 0 Å². The van der Waals surface area contributed by atoms with Crippen molar-refractivity contribution in [3.8, 4) is 17.2 Å². The van der Waals surface area contributed by atoms with E-state index in [-0.39, 0.29) is 12.1 Å². The van der Waals surface area contributed by atoms with Crippen LogP contribution in [0.4, 0.5) is 10.5 Å². The number of benzene rings is 1. The predicted molar refractivity (Wildman–Crippen MR) is 103 cm³/mol. The normalized spacial score (nSPS) is 11.9. The third-order valence-corrected chi connectivity index (χ3v) is 4.68. The van der Waals surface area contributed by atoms with Crippen molar-refractivity contribution in [1.82, 2.24) is 20.5 Å². The Balaban J connectivity index is 1.76. The Morgan fingerprint density at radius 3 is 2.81 bits per heavy atom. The van der Waals surface area contributed by atoms with Crippen molar-refractivity contribution in [2.24, 2.45) is 0 Å². The number of carbonyl (C=O) groups is 1. The van der Waals surface area contributed by atoms with Crippen LogP contribution < -0.4 is 15.4 Å². The Bertz CT molecular complexity index is 937. The van der Waals surface area contributed by atoms with Crippen LogP contribution in [0.1, 0.15) is 36.5 Å². The predicted octanol–water partition coefficient (Wildman–Crippen LogP) is 3.96. The van der Waals surface area contributed by atoms with Crippen molar-refractivity contribution in [1.29, 1.82) is 0 Å². The summed E-state index contributed by atoms with van der Waals surface area (Å²) in [4.78, 5) is 16.8. The monoisotopic (exact) mass is 387 g/mol. The molecule has 2 amide bonds. The van der Waals surface area contributed by atoms with Crippen LogP contribution in [-0.2, 0) is 6.42 Å². The van der Waals surface area contributed by atoms with E-state index in [1.807, 2.05) is 26.2 Å². The lowest BCUT2D eigenvalue weighted by Gasteiger charge is -2.15. The molecule has 3 aromatic rings. The maximum absolute atomic E-state index is 12.4. The Morgan fingerprint density at radius 2 is 2.19 bits per heavy atom. The average Bonchev–Trinajstić information content (AvgIpc) is 3.30. The number of urea groups is 1. The molecule has 0 radical (unpaired) electrons. The number of thiazole rings is 1. The molecule has 27 heavy (non-hydrogen) atoms. The number of anilines is 1. The van der Waals surface area contributed by atoms with Gasteiger partial charge in [0.05, 0.1) is 29.5 Å². The number of methoxy groups -OCH3 is 1. The molecule has 0 aliphatic rings. The minimum atomic E-state index is -0.358. The number of carbonyl (C=O) groups excluding carboxylic acids is 1. The first-order valence-electron chi connectivity index (χ1n) is 8.50. The summed E-state index contributed by atoms with van der Waals surface area (Å²) in [6.45, 7) is 5.75. The minimum absolute atomic E-state index is 0.216. The highest BCUT2D eigenvalue weighted by Gasteiger charge is 2.16. The van der Waals surface area contributed by atoms with E-state index in [2.05, 4.69) is 25.8 Å². The first-order valence-corrected chi connectivity index (χ1v) is 9.38. The van der Waals surface area contributed by atoms with Crippen molar-refractivity contribution in [2.45, 2.75) is 33.2 Å². The molecular formula is C18H21N5O3S. The van der Waals surface area contributed by atoms with Gasteiger partial charge in [-0.15, -0.1) is 21.5 Å². The summed E-state index contributed by atoms with van der Waals surface area (Å²) in [5, 5.41) is 16.6. The molecule has 0 unspecified atom stereocenters. The van der Waals surface area contributed by atoms with Crippen LogP contribution in [0.3, 0.4) is 0 Å². The van der Waals surface area contributed by atoms with Gasteiger partial charge in [-0.2, -0.15) is 0 Å². The van der Waals surface area contributed by atoms with Crippen molar-refractivity contribution < 1.29 is 13.9 Å². The summed E-state index contributed by atoms with van der Waals surface area (Å²) in [6.07, 6.45) is 0.657. The second-order valence-electron chi connectivity index (χ2n) is 5.88. The Kier molecular flexibility index (Phi) is 5.70. The van der Waals surface area contributed by atoms with Gasteiger partial charge in [0, 0.05) is 17.4 Å². The molecule has 2 N–H and O–H groups in total. The van der Waals surface area contributed by atoms with E-state index in [4.69, 9.17) is 9.15 Å². The molecule has 0 aliphatic carbocycles. The Morgan fingerprint density at radius 1 is 1.37 bits per heavy atom. The van der Waals surface area contributed by atoms with Crippen molar-refractivity contribution >= 4 is 23.1 Å². The molecule has 0 spiro atoms. The second-order valence-corrected chi connectivity index (χ2v) is 6.94. The van der Waals surface area contributed by atoms with E-state index < -0.39 is 0 Å². The van der Waals surface area contributed by atoms with E-state index in [0.29, 0.717) is 35.2 Å². The van der Waals surface area contributed by atoms with Crippen LogP contribution in [0.5, 0.6) is 5.75 Å². The molecule has 0 saturated heterocycles. The van der Waals surface area contributed by atoms with Crippen LogP contribution >= 0.6 is 11.3 Å². The number of aromatic nitrogens is 3. The molecule has 0 aliphatic heterocycles. The van der Waals surface area contributed by atoms with Crippen molar-refractivity contribution in [3.63, 3.8) is 0 Å². The summed E-state index contributed by atoms with van der Waals surface area (Å²) in [5.74, 6) is 1.48. The third kappa shape index (κ3) is 4.43. The maximum Gasteiger partial charge on any atom is 0.319 e. The number of nitrogens with one attached hydrogen (secondary N) is 2. The summed E-state index contributed by atoms with van der Waals surface area (Å²) in [7, 11) is 1.54. The minimum Gasteiger partial charge on any atom is -0.495 e. The highest BCUT2D eigenvalue weighted by atomic mass is 32.1. The maximum atomic E-state index is 12.4. The molecule has 2 aromatic heterocycles. The molecular weight excluding hydrogens is 366 g/mol. The lowest BCUT2D eigenvalue weighted by atomic mass is 10.2. The van der Waals surface area contributed by atoms with Gasteiger partial charge in [0.25, 0.3) is 0 Å². The SMILES string of the molecule is CCc1nnc(-c2ccc(OC)c(NC(=O)N[C@H](C)c3csc(C)n3)c2)o1. The number of amides is 2. The molecule has 0 bridgehead atoms. The smallest absolute Gasteiger partial charge is 0.319 e. The molecule has 8 nitrogen and oxygen atoms in total. The number of hydrogen-bond acceptors (Lipinski definition) is 7. The van der Waals surface area contributed by atoms with Crippen LogP contribution in [0.25, 0.3) is 11.5 Å². The highest BCUT2D eigenvalue weighted by molar-refractivity contribution is 7.09. The van der Waals surface area contributed by atoms with E-state index in [1.54, 1.807) is 36.6 Å².